The number of aliphatic hydroxyl groups is 1. The molecule has 0 saturated carbocycles. The highest BCUT2D eigenvalue weighted by molar-refractivity contribution is 7.09. The van der Waals surface area contributed by atoms with Crippen LogP contribution in [0.2, 0.25) is 0 Å². The molecule has 0 amide bonds. The second-order valence-corrected chi connectivity index (χ2v) is 6.21. The Bertz CT molecular complexity index is 364. The monoisotopic (exact) mass is 254 g/mol. The minimum absolute atomic E-state index is 0.266. The molecule has 1 aromatic rings. The standard InChI is InChI=1S/C13H22N2OS/c1-9(2)13-14-11(8-17-13)6-15-5-4-10(3)12(15)7-16/h8-10,12,16H,4-7H2,1-3H3. The Balaban J connectivity index is 2.00. The molecule has 1 aromatic heterocycles. The summed E-state index contributed by atoms with van der Waals surface area (Å²) in [5, 5.41) is 12.8. The molecule has 0 bridgehead atoms. The lowest BCUT2D eigenvalue weighted by atomic mass is 10.0. The van der Waals surface area contributed by atoms with Crippen molar-refractivity contribution in [2.45, 2.75) is 45.7 Å². The Hall–Kier alpha value is -0.450. The fourth-order valence-electron chi connectivity index (χ4n) is 2.45. The maximum atomic E-state index is 9.42. The van der Waals surface area contributed by atoms with E-state index in [4.69, 9.17) is 0 Å². The molecule has 17 heavy (non-hydrogen) atoms. The van der Waals surface area contributed by atoms with Crippen molar-refractivity contribution in [1.29, 1.82) is 0 Å². The van der Waals surface area contributed by atoms with Crippen LogP contribution in [0.25, 0.3) is 0 Å². The second kappa shape index (κ2) is 5.46. The summed E-state index contributed by atoms with van der Waals surface area (Å²) in [6, 6.07) is 0.319. The number of aliphatic hydroxyl groups excluding tert-OH is 1. The van der Waals surface area contributed by atoms with E-state index >= 15 is 0 Å². The molecular formula is C13H22N2OS. The largest absolute Gasteiger partial charge is 0.395 e. The molecule has 4 heteroatoms. The Labute approximate surface area is 107 Å². The molecule has 1 aliphatic rings. The van der Waals surface area contributed by atoms with Gasteiger partial charge in [0.25, 0.3) is 0 Å². The van der Waals surface area contributed by atoms with Gasteiger partial charge >= 0.3 is 0 Å². The lowest BCUT2D eigenvalue weighted by molar-refractivity contribution is 0.133. The van der Waals surface area contributed by atoms with Crippen LogP contribution >= 0.6 is 11.3 Å². The van der Waals surface area contributed by atoms with Gasteiger partial charge < -0.3 is 5.11 Å². The topological polar surface area (TPSA) is 36.4 Å². The quantitative estimate of drug-likeness (QED) is 0.896. The SMILES string of the molecule is CC(C)c1nc(CN2CCC(C)C2CO)cs1. The molecule has 0 aromatic carbocycles. The minimum atomic E-state index is 0.266. The van der Waals surface area contributed by atoms with Crippen molar-refractivity contribution >= 4 is 11.3 Å². The van der Waals surface area contributed by atoms with Gasteiger partial charge in [-0.15, -0.1) is 11.3 Å². The molecule has 2 heterocycles. The lowest BCUT2D eigenvalue weighted by Crippen LogP contribution is -2.34. The van der Waals surface area contributed by atoms with E-state index in [-0.39, 0.29) is 6.61 Å². The van der Waals surface area contributed by atoms with Crippen molar-refractivity contribution in [3.05, 3.63) is 16.1 Å². The molecule has 96 valence electrons. The molecule has 0 aliphatic carbocycles. The summed E-state index contributed by atoms with van der Waals surface area (Å²) in [7, 11) is 0. The van der Waals surface area contributed by atoms with Crippen LogP contribution < -0.4 is 0 Å². The molecule has 2 atom stereocenters. The first-order valence-corrected chi connectivity index (χ1v) is 7.29. The molecule has 1 N–H and O–H groups in total. The fraction of sp³-hybridized carbons (Fsp3) is 0.769. The van der Waals surface area contributed by atoms with E-state index in [1.54, 1.807) is 11.3 Å². The number of aromatic nitrogens is 1. The summed E-state index contributed by atoms with van der Waals surface area (Å²) in [5.74, 6) is 1.11. The third kappa shape index (κ3) is 2.87. The van der Waals surface area contributed by atoms with E-state index in [0.29, 0.717) is 17.9 Å². The van der Waals surface area contributed by atoms with Gasteiger partial charge in [0.2, 0.25) is 0 Å². The van der Waals surface area contributed by atoms with Crippen LogP contribution in [-0.4, -0.2) is 34.2 Å². The molecule has 1 aliphatic heterocycles. The van der Waals surface area contributed by atoms with E-state index in [2.05, 4.69) is 36.0 Å². The highest BCUT2D eigenvalue weighted by Crippen LogP contribution is 2.26. The third-order valence-electron chi connectivity index (χ3n) is 3.61. The molecule has 2 unspecified atom stereocenters. The van der Waals surface area contributed by atoms with Crippen LogP contribution in [-0.2, 0) is 6.54 Å². The van der Waals surface area contributed by atoms with Crippen molar-refractivity contribution in [3.63, 3.8) is 0 Å². The van der Waals surface area contributed by atoms with E-state index in [1.807, 2.05) is 0 Å². The minimum Gasteiger partial charge on any atom is -0.395 e. The van der Waals surface area contributed by atoms with Crippen molar-refractivity contribution in [2.75, 3.05) is 13.2 Å². The maximum absolute atomic E-state index is 9.42. The van der Waals surface area contributed by atoms with Crippen molar-refractivity contribution in [2.24, 2.45) is 5.92 Å². The van der Waals surface area contributed by atoms with Crippen molar-refractivity contribution in [1.82, 2.24) is 9.88 Å². The Morgan fingerprint density at radius 2 is 2.35 bits per heavy atom. The van der Waals surface area contributed by atoms with Gasteiger partial charge in [-0.25, -0.2) is 4.98 Å². The first-order valence-electron chi connectivity index (χ1n) is 6.41. The molecule has 0 spiro atoms. The third-order valence-corrected chi connectivity index (χ3v) is 4.81. The Kier molecular flexibility index (Phi) is 4.17. The van der Waals surface area contributed by atoms with Crippen molar-refractivity contribution < 1.29 is 5.11 Å². The number of likely N-dealkylation sites (tertiary alicyclic amines) is 1. The van der Waals surface area contributed by atoms with Gasteiger partial charge in [0.05, 0.1) is 17.3 Å². The van der Waals surface area contributed by atoms with Crippen molar-refractivity contribution in [3.8, 4) is 0 Å². The predicted molar refractivity (Wildman–Crippen MR) is 71.3 cm³/mol. The highest BCUT2D eigenvalue weighted by Gasteiger charge is 2.30. The zero-order chi connectivity index (χ0) is 12.4. The van der Waals surface area contributed by atoms with Crippen LogP contribution in [0, 0.1) is 5.92 Å². The van der Waals surface area contributed by atoms with Gasteiger partial charge in [-0.1, -0.05) is 20.8 Å². The van der Waals surface area contributed by atoms with Gasteiger partial charge in [-0.2, -0.15) is 0 Å². The predicted octanol–water partition coefficient (Wildman–Crippen LogP) is 2.47. The Morgan fingerprint density at radius 3 is 2.94 bits per heavy atom. The summed E-state index contributed by atoms with van der Waals surface area (Å²) in [5.41, 5.74) is 1.16. The first-order chi connectivity index (χ1) is 8.11. The van der Waals surface area contributed by atoms with Crippen LogP contribution in [0.15, 0.2) is 5.38 Å². The van der Waals surface area contributed by atoms with E-state index < -0.39 is 0 Å². The normalized spacial score (nSPS) is 25.9. The zero-order valence-electron chi connectivity index (χ0n) is 10.9. The first kappa shape index (κ1) is 13.0. The van der Waals surface area contributed by atoms with E-state index in [1.165, 1.54) is 11.4 Å². The zero-order valence-corrected chi connectivity index (χ0v) is 11.7. The molecular weight excluding hydrogens is 232 g/mol. The van der Waals surface area contributed by atoms with Gasteiger partial charge in [0, 0.05) is 23.9 Å². The van der Waals surface area contributed by atoms with Gasteiger partial charge in [-0.05, 0) is 18.9 Å². The number of nitrogens with zero attached hydrogens (tertiary/aromatic N) is 2. The summed E-state index contributed by atoms with van der Waals surface area (Å²) in [6.07, 6.45) is 1.19. The Morgan fingerprint density at radius 1 is 1.59 bits per heavy atom. The molecule has 3 nitrogen and oxygen atoms in total. The van der Waals surface area contributed by atoms with Crippen LogP contribution in [0.1, 0.15) is 43.8 Å². The number of hydrogen-bond acceptors (Lipinski definition) is 4. The molecule has 1 fully saturated rings. The fourth-order valence-corrected chi connectivity index (χ4v) is 3.27. The average Bonchev–Trinajstić information content (AvgIpc) is 2.87. The van der Waals surface area contributed by atoms with Gasteiger partial charge in [-0.3, -0.25) is 4.90 Å². The summed E-state index contributed by atoms with van der Waals surface area (Å²) in [6.45, 7) is 8.82. The van der Waals surface area contributed by atoms with E-state index in [0.717, 1.165) is 18.8 Å². The summed E-state index contributed by atoms with van der Waals surface area (Å²) in [4.78, 5) is 7.03. The second-order valence-electron chi connectivity index (χ2n) is 5.32. The lowest BCUT2D eigenvalue weighted by Gasteiger charge is -2.24. The summed E-state index contributed by atoms with van der Waals surface area (Å²) >= 11 is 1.75. The highest BCUT2D eigenvalue weighted by atomic mass is 32.1. The number of rotatable bonds is 4. The van der Waals surface area contributed by atoms with E-state index in [9.17, 15) is 5.11 Å². The van der Waals surface area contributed by atoms with Crippen LogP contribution in [0.5, 0.6) is 0 Å². The molecule has 0 radical (unpaired) electrons. The van der Waals surface area contributed by atoms with Gasteiger partial charge in [0.1, 0.15) is 0 Å². The molecule has 2 rings (SSSR count). The number of thiazole rings is 1. The summed E-state index contributed by atoms with van der Waals surface area (Å²) < 4.78 is 0. The van der Waals surface area contributed by atoms with Crippen LogP contribution in [0.3, 0.4) is 0 Å². The number of hydrogen-bond donors (Lipinski definition) is 1. The van der Waals surface area contributed by atoms with Gasteiger partial charge in [0.15, 0.2) is 0 Å². The smallest absolute Gasteiger partial charge is 0.0954 e. The average molecular weight is 254 g/mol. The maximum Gasteiger partial charge on any atom is 0.0954 e. The van der Waals surface area contributed by atoms with Crippen LogP contribution in [0.4, 0.5) is 0 Å². The molecule has 1 saturated heterocycles.